The van der Waals surface area contributed by atoms with Gasteiger partial charge in [-0.25, -0.2) is 0 Å². The van der Waals surface area contributed by atoms with Gasteiger partial charge in [-0.1, -0.05) is 40.5 Å². The number of pyridine rings is 1. The molecule has 0 aliphatic carbocycles. The smallest absolute Gasteiger partial charge is 0.0622 e. The van der Waals surface area contributed by atoms with Crippen molar-refractivity contribution >= 4 is 27.5 Å². The average Bonchev–Trinajstić information content (AvgIpc) is 2.46. The summed E-state index contributed by atoms with van der Waals surface area (Å²) in [5, 5.41) is 4.36. The molecule has 1 aromatic carbocycles. The molecular weight excluding hydrogens is 348 g/mol. The van der Waals surface area contributed by atoms with Crippen LogP contribution in [0.1, 0.15) is 36.1 Å². The van der Waals surface area contributed by atoms with Crippen LogP contribution >= 0.6 is 27.5 Å². The Labute approximate surface area is 140 Å². The summed E-state index contributed by atoms with van der Waals surface area (Å²) >= 11 is 9.78. The van der Waals surface area contributed by atoms with E-state index in [4.69, 9.17) is 11.6 Å². The monoisotopic (exact) mass is 366 g/mol. The minimum Gasteiger partial charge on any atom is -0.310 e. The van der Waals surface area contributed by atoms with E-state index in [9.17, 15) is 0 Å². The molecule has 0 saturated carbocycles. The van der Waals surface area contributed by atoms with Crippen LogP contribution in [0.3, 0.4) is 0 Å². The summed E-state index contributed by atoms with van der Waals surface area (Å²) in [5.41, 5.74) is 3.73. The summed E-state index contributed by atoms with van der Waals surface area (Å²) in [6, 6.07) is 8.69. The normalized spacial score (nSPS) is 12.4. The number of aryl methyl sites for hydroxylation is 1. The van der Waals surface area contributed by atoms with E-state index in [-0.39, 0.29) is 6.04 Å². The minimum absolute atomic E-state index is 0.262. The van der Waals surface area contributed by atoms with E-state index < -0.39 is 0 Å². The van der Waals surface area contributed by atoms with Crippen LogP contribution in [0.4, 0.5) is 0 Å². The van der Waals surface area contributed by atoms with E-state index >= 15 is 0 Å². The molecule has 0 spiro atoms. The van der Waals surface area contributed by atoms with Gasteiger partial charge in [0, 0.05) is 22.9 Å². The molecule has 1 atom stereocenters. The number of benzene rings is 1. The van der Waals surface area contributed by atoms with Gasteiger partial charge in [0.2, 0.25) is 0 Å². The van der Waals surface area contributed by atoms with Gasteiger partial charge in [0.15, 0.2) is 0 Å². The van der Waals surface area contributed by atoms with Gasteiger partial charge < -0.3 is 5.32 Å². The second-order valence-electron chi connectivity index (χ2n) is 5.18. The molecule has 1 unspecified atom stereocenters. The molecular formula is C17H20BrClN2. The Morgan fingerprint density at radius 3 is 2.81 bits per heavy atom. The number of hydrogen-bond donors (Lipinski definition) is 1. The fourth-order valence-electron chi connectivity index (χ4n) is 2.43. The lowest BCUT2D eigenvalue weighted by atomic mass is 9.95. The molecule has 0 aliphatic rings. The van der Waals surface area contributed by atoms with E-state index in [1.807, 2.05) is 6.07 Å². The summed E-state index contributed by atoms with van der Waals surface area (Å²) in [7, 11) is 0. The van der Waals surface area contributed by atoms with Gasteiger partial charge in [-0.05, 0) is 61.2 Å². The van der Waals surface area contributed by atoms with Crippen molar-refractivity contribution in [3.8, 4) is 0 Å². The molecule has 112 valence electrons. The van der Waals surface area contributed by atoms with Crippen LogP contribution in [0, 0.1) is 6.92 Å². The third-order valence-electron chi connectivity index (χ3n) is 3.53. The van der Waals surface area contributed by atoms with Crippen LogP contribution in [-0.4, -0.2) is 11.5 Å². The molecule has 1 N–H and O–H groups in total. The molecule has 2 aromatic rings. The molecule has 21 heavy (non-hydrogen) atoms. The fraction of sp³-hybridized carbons (Fsp3) is 0.353. The van der Waals surface area contributed by atoms with Gasteiger partial charge in [-0.2, -0.15) is 0 Å². The summed E-state index contributed by atoms with van der Waals surface area (Å²) in [6.45, 7) is 5.32. The van der Waals surface area contributed by atoms with Crippen LogP contribution < -0.4 is 5.32 Å². The predicted octanol–water partition coefficient (Wildman–Crippen LogP) is 5.09. The van der Waals surface area contributed by atoms with Crippen LogP contribution in [0.2, 0.25) is 5.02 Å². The summed E-state index contributed by atoms with van der Waals surface area (Å²) < 4.78 is 1.11. The second-order valence-corrected chi connectivity index (χ2v) is 6.50. The zero-order valence-electron chi connectivity index (χ0n) is 12.4. The first-order chi connectivity index (χ1) is 10.1. The largest absolute Gasteiger partial charge is 0.310 e. The van der Waals surface area contributed by atoms with Crippen molar-refractivity contribution in [1.29, 1.82) is 0 Å². The van der Waals surface area contributed by atoms with Gasteiger partial charge in [-0.3, -0.25) is 4.98 Å². The first-order valence-electron chi connectivity index (χ1n) is 7.19. The van der Waals surface area contributed by atoms with Gasteiger partial charge in [-0.15, -0.1) is 0 Å². The zero-order valence-corrected chi connectivity index (χ0v) is 14.7. The summed E-state index contributed by atoms with van der Waals surface area (Å²) in [4.78, 5) is 4.06. The predicted molar refractivity (Wildman–Crippen MR) is 92.9 cm³/mol. The zero-order chi connectivity index (χ0) is 15.2. The lowest BCUT2D eigenvalue weighted by Crippen LogP contribution is -2.25. The third-order valence-corrected chi connectivity index (χ3v) is 4.36. The van der Waals surface area contributed by atoms with Gasteiger partial charge >= 0.3 is 0 Å². The third kappa shape index (κ3) is 4.53. The van der Waals surface area contributed by atoms with Crippen LogP contribution in [0.5, 0.6) is 0 Å². The molecule has 0 saturated heterocycles. The van der Waals surface area contributed by atoms with E-state index in [2.05, 4.69) is 58.3 Å². The number of hydrogen-bond acceptors (Lipinski definition) is 2. The number of aromatic nitrogens is 1. The van der Waals surface area contributed by atoms with E-state index in [1.54, 1.807) is 12.4 Å². The van der Waals surface area contributed by atoms with Crippen LogP contribution in [0.15, 0.2) is 41.1 Å². The number of rotatable bonds is 6. The Morgan fingerprint density at radius 1 is 1.33 bits per heavy atom. The molecule has 2 rings (SSSR count). The molecule has 1 aromatic heterocycles. The molecule has 2 nitrogen and oxygen atoms in total. The van der Waals surface area contributed by atoms with Crippen molar-refractivity contribution in [3.05, 3.63) is 62.8 Å². The number of nitrogens with one attached hydrogen (secondary N) is 1. The maximum Gasteiger partial charge on any atom is 0.0622 e. The topological polar surface area (TPSA) is 24.9 Å². The van der Waals surface area contributed by atoms with Crippen molar-refractivity contribution in [2.75, 3.05) is 6.54 Å². The summed E-state index contributed by atoms with van der Waals surface area (Å²) in [5.74, 6) is 0. The van der Waals surface area contributed by atoms with Gasteiger partial charge in [0.25, 0.3) is 0 Å². The van der Waals surface area contributed by atoms with Crippen molar-refractivity contribution in [2.24, 2.45) is 0 Å². The maximum atomic E-state index is 6.26. The Kier molecular flexibility index (Phi) is 6.22. The van der Waals surface area contributed by atoms with E-state index in [0.29, 0.717) is 0 Å². The molecule has 0 bridgehead atoms. The van der Waals surface area contributed by atoms with Crippen LogP contribution in [0.25, 0.3) is 0 Å². The average molecular weight is 368 g/mol. The van der Waals surface area contributed by atoms with Gasteiger partial charge in [0.05, 0.1) is 5.02 Å². The maximum absolute atomic E-state index is 6.26. The quantitative estimate of drug-likeness (QED) is 0.769. The molecule has 0 radical (unpaired) electrons. The number of nitrogens with zero attached hydrogens (tertiary/aromatic N) is 1. The first-order valence-corrected chi connectivity index (χ1v) is 8.36. The van der Waals surface area contributed by atoms with Crippen molar-refractivity contribution in [3.63, 3.8) is 0 Å². The first kappa shape index (κ1) is 16.5. The highest BCUT2D eigenvalue weighted by atomic mass is 79.9. The molecule has 0 aliphatic heterocycles. The van der Waals surface area contributed by atoms with Crippen molar-refractivity contribution in [1.82, 2.24) is 10.3 Å². The van der Waals surface area contributed by atoms with Crippen molar-refractivity contribution in [2.45, 2.75) is 32.7 Å². The Hall–Kier alpha value is -0.900. The van der Waals surface area contributed by atoms with Gasteiger partial charge in [0.1, 0.15) is 0 Å². The Balaban J connectivity index is 2.27. The standard InChI is InChI=1S/C17H20BrClN2/c1-3-7-21-17(10-13-6-8-20-11-16(13)19)15-5-4-14(18)9-12(15)2/h4-6,8-9,11,17,21H,3,7,10H2,1-2H3. The molecule has 0 amide bonds. The van der Waals surface area contributed by atoms with Crippen molar-refractivity contribution < 1.29 is 0 Å². The van der Waals surface area contributed by atoms with E-state index in [0.717, 1.165) is 34.4 Å². The SMILES string of the molecule is CCCNC(Cc1ccncc1Cl)c1ccc(Br)cc1C. The Morgan fingerprint density at radius 2 is 2.14 bits per heavy atom. The second kappa shape index (κ2) is 7.92. The van der Waals surface area contributed by atoms with Crippen LogP contribution in [-0.2, 0) is 6.42 Å². The molecule has 1 heterocycles. The highest BCUT2D eigenvalue weighted by Crippen LogP contribution is 2.27. The van der Waals surface area contributed by atoms with E-state index in [1.165, 1.54) is 11.1 Å². The summed E-state index contributed by atoms with van der Waals surface area (Å²) in [6.07, 6.45) is 5.48. The highest BCUT2D eigenvalue weighted by Gasteiger charge is 2.15. The lowest BCUT2D eigenvalue weighted by molar-refractivity contribution is 0.527. The Bertz CT molecular complexity index is 601. The number of halogens is 2. The molecule has 4 heteroatoms. The molecule has 0 fully saturated rings. The lowest BCUT2D eigenvalue weighted by Gasteiger charge is -2.22. The minimum atomic E-state index is 0.262. The highest BCUT2D eigenvalue weighted by molar-refractivity contribution is 9.10. The fourth-order valence-corrected chi connectivity index (χ4v) is 3.10.